The molecule has 4 nitrogen and oxygen atoms in total. The van der Waals surface area contributed by atoms with E-state index in [1.807, 2.05) is 0 Å². The molecule has 0 aliphatic carbocycles. The van der Waals surface area contributed by atoms with Gasteiger partial charge in [0.25, 0.3) is 0 Å². The first-order valence-corrected chi connectivity index (χ1v) is 6.36. The second kappa shape index (κ2) is 7.22. The van der Waals surface area contributed by atoms with Crippen molar-refractivity contribution in [3.05, 3.63) is 0 Å². The van der Waals surface area contributed by atoms with Crippen LogP contribution in [0.4, 0.5) is 0 Å². The van der Waals surface area contributed by atoms with E-state index in [0.29, 0.717) is 13.2 Å². The lowest BCUT2D eigenvalue weighted by Crippen LogP contribution is -2.46. The van der Waals surface area contributed by atoms with Gasteiger partial charge in [-0.05, 0) is 33.1 Å². The number of ether oxygens (including phenoxy) is 1. The summed E-state index contributed by atoms with van der Waals surface area (Å²) >= 11 is 0. The van der Waals surface area contributed by atoms with Crippen molar-refractivity contribution in [1.82, 2.24) is 10.2 Å². The summed E-state index contributed by atoms with van der Waals surface area (Å²) in [6.07, 6.45) is 2.67. The van der Waals surface area contributed by atoms with Gasteiger partial charge in [-0.1, -0.05) is 6.92 Å². The van der Waals surface area contributed by atoms with Gasteiger partial charge in [0.1, 0.15) is 0 Å². The molecule has 0 aromatic rings. The van der Waals surface area contributed by atoms with Crippen molar-refractivity contribution < 1.29 is 9.84 Å². The lowest BCUT2D eigenvalue weighted by molar-refractivity contribution is -0.0768. The minimum absolute atomic E-state index is 0.523. The molecule has 1 heterocycles. The maximum Gasteiger partial charge on any atom is 0.0817 e. The molecular weight excluding hydrogens is 204 g/mol. The third-order valence-electron chi connectivity index (χ3n) is 3.13. The van der Waals surface area contributed by atoms with Crippen molar-refractivity contribution in [2.24, 2.45) is 0 Å². The van der Waals surface area contributed by atoms with Crippen LogP contribution in [0.5, 0.6) is 0 Å². The summed E-state index contributed by atoms with van der Waals surface area (Å²) < 4.78 is 5.27. The molecular formula is C12H26N2O2. The molecule has 4 heteroatoms. The average molecular weight is 230 g/mol. The van der Waals surface area contributed by atoms with E-state index in [1.165, 1.54) is 0 Å². The van der Waals surface area contributed by atoms with Gasteiger partial charge in [-0.2, -0.15) is 0 Å². The predicted octanol–water partition coefficient (Wildman–Crippen LogP) is 0.459. The van der Waals surface area contributed by atoms with E-state index >= 15 is 0 Å². The van der Waals surface area contributed by atoms with Gasteiger partial charge in [0, 0.05) is 32.6 Å². The molecule has 16 heavy (non-hydrogen) atoms. The van der Waals surface area contributed by atoms with E-state index in [0.717, 1.165) is 45.4 Å². The Labute approximate surface area is 99.0 Å². The topological polar surface area (TPSA) is 44.7 Å². The molecule has 0 unspecified atom stereocenters. The van der Waals surface area contributed by atoms with Crippen LogP contribution in [0, 0.1) is 0 Å². The summed E-state index contributed by atoms with van der Waals surface area (Å²) in [5, 5.41) is 13.6. The smallest absolute Gasteiger partial charge is 0.0817 e. The van der Waals surface area contributed by atoms with Crippen LogP contribution in [0.2, 0.25) is 0 Å². The van der Waals surface area contributed by atoms with Crippen LogP contribution in [0.25, 0.3) is 0 Å². The Hall–Kier alpha value is -0.160. The van der Waals surface area contributed by atoms with Gasteiger partial charge in [0.15, 0.2) is 0 Å². The standard InChI is InChI=1S/C12H26N2O2/c1-3-13-7-4-8-14(2)11-12(15)5-9-16-10-6-12/h13,15H,3-11H2,1-2H3. The largest absolute Gasteiger partial charge is 0.388 e. The van der Waals surface area contributed by atoms with Gasteiger partial charge in [-0.3, -0.25) is 0 Å². The molecule has 96 valence electrons. The van der Waals surface area contributed by atoms with Gasteiger partial charge in [-0.15, -0.1) is 0 Å². The molecule has 0 aromatic heterocycles. The number of likely N-dealkylation sites (N-methyl/N-ethyl adjacent to an activating group) is 1. The van der Waals surface area contributed by atoms with E-state index < -0.39 is 5.60 Å². The number of aliphatic hydroxyl groups is 1. The van der Waals surface area contributed by atoms with Crippen molar-refractivity contribution in [2.75, 3.05) is 46.4 Å². The van der Waals surface area contributed by atoms with Gasteiger partial charge < -0.3 is 20.1 Å². The summed E-state index contributed by atoms with van der Waals surface area (Å²) in [5.41, 5.74) is -0.523. The number of hydrogen-bond donors (Lipinski definition) is 2. The Kier molecular flexibility index (Phi) is 6.28. The Morgan fingerprint density at radius 2 is 2.06 bits per heavy atom. The van der Waals surface area contributed by atoms with E-state index in [1.54, 1.807) is 0 Å². The van der Waals surface area contributed by atoms with Gasteiger partial charge in [0.05, 0.1) is 5.60 Å². The van der Waals surface area contributed by atoms with Crippen molar-refractivity contribution in [2.45, 2.75) is 31.8 Å². The van der Waals surface area contributed by atoms with E-state index in [4.69, 9.17) is 4.74 Å². The normalized spacial score (nSPS) is 20.2. The minimum atomic E-state index is -0.523. The van der Waals surface area contributed by atoms with Crippen LogP contribution >= 0.6 is 0 Å². The highest BCUT2D eigenvalue weighted by Crippen LogP contribution is 2.21. The summed E-state index contributed by atoms with van der Waals surface area (Å²) in [6, 6.07) is 0. The van der Waals surface area contributed by atoms with E-state index in [9.17, 15) is 5.11 Å². The maximum atomic E-state index is 10.3. The molecule has 0 amide bonds. The number of rotatable bonds is 7. The van der Waals surface area contributed by atoms with Gasteiger partial charge in [0.2, 0.25) is 0 Å². The van der Waals surface area contributed by atoms with E-state index in [-0.39, 0.29) is 0 Å². The fourth-order valence-electron chi connectivity index (χ4n) is 2.14. The molecule has 0 atom stereocenters. The molecule has 1 saturated heterocycles. The second-order valence-electron chi connectivity index (χ2n) is 4.78. The summed E-state index contributed by atoms with van der Waals surface area (Å²) in [7, 11) is 2.08. The van der Waals surface area contributed by atoms with Crippen molar-refractivity contribution in [3.63, 3.8) is 0 Å². The first-order chi connectivity index (χ1) is 7.66. The Morgan fingerprint density at radius 1 is 1.38 bits per heavy atom. The summed E-state index contributed by atoms with van der Waals surface area (Å²) in [4.78, 5) is 2.22. The van der Waals surface area contributed by atoms with Crippen LogP contribution in [0.1, 0.15) is 26.2 Å². The monoisotopic (exact) mass is 230 g/mol. The quantitative estimate of drug-likeness (QED) is 0.624. The van der Waals surface area contributed by atoms with Gasteiger partial charge in [-0.25, -0.2) is 0 Å². The predicted molar refractivity (Wildman–Crippen MR) is 65.7 cm³/mol. The first kappa shape index (κ1) is 13.9. The zero-order valence-corrected chi connectivity index (χ0v) is 10.7. The minimum Gasteiger partial charge on any atom is -0.388 e. The SMILES string of the molecule is CCNCCCN(C)CC1(O)CCOCC1. The van der Waals surface area contributed by atoms with Gasteiger partial charge >= 0.3 is 0 Å². The fourth-order valence-corrected chi connectivity index (χ4v) is 2.14. The van der Waals surface area contributed by atoms with Crippen LogP contribution < -0.4 is 5.32 Å². The third-order valence-corrected chi connectivity index (χ3v) is 3.13. The zero-order chi connectivity index (χ0) is 11.9. The van der Waals surface area contributed by atoms with Crippen LogP contribution in [0.3, 0.4) is 0 Å². The maximum absolute atomic E-state index is 10.3. The molecule has 0 bridgehead atoms. The van der Waals surface area contributed by atoms with Crippen molar-refractivity contribution >= 4 is 0 Å². The Balaban J connectivity index is 2.14. The van der Waals surface area contributed by atoms with Crippen molar-refractivity contribution in [1.29, 1.82) is 0 Å². The van der Waals surface area contributed by atoms with Crippen molar-refractivity contribution in [3.8, 4) is 0 Å². The molecule has 2 N–H and O–H groups in total. The lowest BCUT2D eigenvalue weighted by atomic mass is 9.94. The average Bonchev–Trinajstić information content (AvgIpc) is 2.25. The molecule has 0 radical (unpaired) electrons. The van der Waals surface area contributed by atoms with Crippen LogP contribution in [-0.2, 0) is 4.74 Å². The molecule has 0 aromatic carbocycles. The van der Waals surface area contributed by atoms with E-state index in [2.05, 4.69) is 24.2 Å². The first-order valence-electron chi connectivity index (χ1n) is 6.36. The molecule has 1 aliphatic heterocycles. The van der Waals surface area contributed by atoms with Crippen LogP contribution in [-0.4, -0.2) is 62.0 Å². The Bertz CT molecular complexity index is 182. The molecule has 1 aliphatic rings. The lowest BCUT2D eigenvalue weighted by Gasteiger charge is -2.35. The summed E-state index contributed by atoms with van der Waals surface area (Å²) in [6.45, 7) is 7.41. The summed E-state index contributed by atoms with van der Waals surface area (Å²) in [5.74, 6) is 0. The number of nitrogens with one attached hydrogen (secondary N) is 1. The molecule has 0 saturated carbocycles. The number of hydrogen-bond acceptors (Lipinski definition) is 4. The van der Waals surface area contributed by atoms with Crippen LogP contribution in [0.15, 0.2) is 0 Å². The highest BCUT2D eigenvalue weighted by Gasteiger charge is 2.30. The molecule has 1 rings (SSSR count). The molecule has 0 spiro atoms. The second-order valence-corrected chi connectivity index (χ2v) is 4.78. The fraction of sp³-hybridized carbons (Fsp3) is 1.00. The highest BCUT2D eigenvalue weighted by molar-refractivity contribution is 4.83. The third kappa shape index (κ3) is 5.25. The Morgan fingerprint density at radius 3 is 2.69 bits per heavy atom. The highest BCUT2D eigenvalue weighted by atomic mass is 16.5. The number of nitrogens with zero attached hydrogens (tertiary/aromatic N) is 1. The molecule has 1 fully saturated rings. The zero-order valence-electron chi connectivity index (χ0n) is 10.7.